The van der Waals surface area contributed by atoms with E-state index in [-0.39, 0.29) is 6.61 Å². The van der Waals surface area contributed by atoms with Crippen LogP contribution in [-0.4, -0.2) is 11.5 Å². The zero-order chi connectivity index (χ0) is 16.9. The van der Waals surface area contributed by atoms with Crippen molar-refractivity contribution < 1.29 is 17.9 Å². The average molecular weight is 344 g/mol. The molecule has 3 nitrogen and oxygen atoms in total. The Hall–Kier alpha value is -1.60. The summed E-state index contributed by atoms with van der Waals surface area (Å²) < 4.78 is 42.9. The SMILES string of the molecule is CC(C)CNCc1csc(COc2ccc(C(F)(F)F)cc2)n1. The molecule has 0 atom stereocenters. The van der Waals surface area contributed by atoms with E-state index in [1.165, 1.54) is 23.5 Å². The first kappa shape index (κ1) is 17.7. The largest absolute Gasteiger partial charge is 0.486 e. The summed E-state index contributed by atoms with van der Waals surface area (Å²) >= 11 is 1.48. The third-order valence-corrected chi connectivity index (χ3v) is 3.87. The van der Waals surface area contributed by atoms with E-state index in [1.54, 1.807) is 0 Å². The lowest BCUT2D eigenvalue weighted by molar-refractivity contribution is -0.137. The van der Waals surface area contributed by atoms with Crippen molar-refractivity contribution in [1.82, 2.24) is 10.3 Å². The second-order valence-corrected chi connectivity index (χ2v) is 6.51. The minimum atomic E-state index is -4.33. The molecule has 23 heavy (non-hydrogen) atoms. The summed E-state index contributed by atoms with van der Waals surface area (Å²) in [6.07, 6.45) is -4.33. The minimum Gasteiger partial charge on any atom is -0.486 e. The smallest absolute Gasteiger partial charge is 0.416 e. The van der Waals surface area contributed by atoms with Gasteiger partial charge in [0, 0.05) is 11.9 Å². The van der Waals surface area contributed by atoms with Gasteiger partial charge in [-0.2, -0.15) is 13.2 Å². The second-order valence-electron chi connectivity index (χ2n) is 5.57. The highest BCUT2D eigenvalue weighted by Gasteiger charge is 2.30. The van der Waals surface area contributed by atoms with Crippen LogP contribution in [0.2, 0.25) is 0 Å². The van der Waals surface area contributed by atoms with Crippen LogP contribution in [0.1, 0.15) is 30.1 Å². The summed E-state index contributed by atoms with van der Waals surface area (Å²) in [7, 11) is 0. The van der Waals surface area contributed by atoms with E-state index in [9.17, 15) is 13.2 Å². The van der Waals surface area contributed by atoms with Crippen molar-refractivity contribution in [2.45, 2.75) is 33.2 Å². The number of halogens is 3. The molecule has 126 valence electrons. The van der Waals surface area contributed by atoms with E-state index in [1.807, 2.05) is 5.38 Å². The van der Waals surface area contributed by atoms with Gasteiger partial charge < -0.3 is 10.1 Å². The standard InChI is InChI=1S/C16H19F3N2OS/c1-11(2)7-20-8-13-10-23-15(21-13)9-22-14-5-3-12(4-6-14)16(17,18)19/h3-6,10-11,20H,7-9H2,1-2H3. The number of alkyl halides is 3. The Morgan fingerprint density at radius 3 is 2.52 bits per heavy atom. The molecular formula is C16H19F3N2OS. The van der Waals surface area contributed by atoms with E-state index in [0.29, 0.717) is 18.2 Å². The predicted molar refractivity (Wildman–Crippen MR) is 84.4 cm³/mol. The first-order valence-electron chi connectivity index (χ1n) is 7.28. The fourth-order valence-corrected chi connectivity index (χ4v) is 2.58. The lowest BCUT2D eigenvalue weighted by Crippen LogP contribution is -2.19. The Morgan fingerprint density at radius 2 is 1.91 bits per heavy atom. The van der Waals surface area contributed by atoms with Crippen molar-refractivity contribution in [3.05, 3.63) is 45.9 Å². The number of hydrogen-bond donors (Lipinski definition) is 1. The number of ether oxygens (including phenoxy) is 1. The molecule has 2 aromatic rings. The molecule has 2 rings (SSSR count). The third kappa shape index (κ3) is 5.84. The van der Waals surface area contributed by atoms with Gasteiger partial charge in [0.15, 0.2) is 0 Å². The summed E-state index contributed by atoms with van der Waals surface area (Å²) in [5.41, 5.74) is 0.263. The Morgan fingerprint density at radius 1 is 1.22 bits per heavy atom. The van der Waals surface area contributed by atoms with Crippen molar-refractivity contribution in [3.8, 4) is 5.75 Å². The maximum atomic E-state index is 12.5. The Balaban J connectivity index is 1.83. The van der Waals surface area contributed by atoms with Gasteiger partial charge in [0.25, 0.3) is 0 Å². The molecule has 0 unspecified atom stereocenters. The van der Waals surface area contributed by atoms with Crippen LogP contribution < -0.4 is 10.1 Å². The molecule has 0 saturated carbocycles. The van der Waals surface area contributed by atoms with Gasteiger partial charge in [0.2, 0.25) is 0 Å². The highest BCUT2D eigenvalue weighted by Crippen LogP contribution is 2.30. The van der Waals surface area contributed by atoms with Crippen LogP contribution in [0.15, 0.2) is 29.6 Å². The normalized spacial score (nSPS) is 11.9. The van der Waals surface area contributed by atoms with Gasteiger partial charge in [-0.1, -0.05) is 13.8 Å². The monoisotopic (exact) mass is 344 g/mol. The number of hydrogen-bond acceptors (Lipinski definition) is 4. The molecule has 1 aromatic heterocycles. The molecule has 0 saturated heterocycles. The molecule has 0 spiro atoms. The van der Waals surface area contributed by atoms with Gasteiger partial charge >= 0.3 is 6.18 Å². The Bertz CT molecular complexity index is 609. The minimum absolute atomic E-state index is 0.250. The first-order chi connectivity index (χ1) is 10.8. The summed E-state index contributed by atoms with van der Waals surface area (Å²) in [6.45, 7) is 6.15. The van der Waals surface area contributed by atoms with E-state index in [4.69, 9.17) is 4.74 Å². The highest BCUT2D eigenvalue weighted by atomic mass is 32.1. The van der Waals surface area contributed by atoms with Crippen LogP contribution in [0.3, 0.4) is 0 Å². The van der Waals surface area contributed by atoms with Crippen LogP contribution in [0.5, 0.6) is 5.75 Å². The second kappa shape index (κ2) is 7.79. The Labute approximate surface area is 137 Å². The molecule has 0 aliphatic rings. The summed E-state index contributed by atoms with van der Waals surface area (Å²) in [5.74, 6) is 0.976. The molecule has 1 N–H and O–H groups in total. The Kier molecular flexibility index (Phi) is 6.01. The zero-order valence-electron chi connectivity index (χ0n) is 13.0. The van der Waals surface area contributed by atoms with Gasteiger partial charge in [-0.3, -0.25) is 0 Å². The molecule has 0 radical (unpaired) electrons. The van der Waals surface area contributed by atoms with Crippen molar-refractivity contribution in [2.75, 3.05) is 6.54 Å². The van der Waals surface area contributed by atoms with Crippen molar-refractivity contribution >= 4 is 11.3 Å². The van der Waals surface area contributed by atoms with Gasteiger partial charge in [-0.25, -0.2) is 4.98 Å². The molecule has 7 heteroatoms. The molecule has 0 amide bonds. The van der Waals surface area contributed by atoms with E-state index < -0.39 is 11.7 Å². The van der Waals surface area contributed by atoms with Gasteiger partial charge in [-0.15, -0.1) is 11.3 Å². The highest BCUT2D eigenvalue weighted by molar-refractivity contribution is 7.09. The lowest BCUT2D eigenvalue weighted by Gasteiger charge is -2.08. The number of thiazole rings is 1. The topological polar surface area (TPSA) is 34.1 Å². The fourth-order valence-electron chi connectivity index (χ4n) is 1.87. The van der Waals surface area contributed by atoms with Gasteiger partial charge in [-0.05, 0) is 36.7 Å². The van der Waals surface area contributed by atoms with E-state index in [2.05, 4.69) is 24.1 Å². The number of benzene rings is 1. The maximum absolute atomic E-state index is 12.5. The molecule has 0 aliphatic heterocycles. The van der Waals surface area contributed by atoms with Crippen molar-refractivity contribution in [1.29, 1.82) is 0 Å². The van der Waals surface area contributed by atoms with E-state index in [0.717, 1.165) is 29.4 Å². The molecular weight excluding hydrogens is 325 g/mol. The fraction of sp³-hybridized carbons (Fsp3) is 0.438. The quantitative estimate of drug-likeness (QED) is 0.804. The van der Waals surface area contributed by atoms with Crippen molar-refractivity contribution in [2.24, 2.45) is 5.92 Å². The molecule has 1 aromatic carbocycles. The summed E-state index contributed by atoms with van der Waals surface area (Å²) in [6, 6.07) is 4.67. The van der Waals surface area contributed by atoms with Crippen molar-refractivity contribution in [3.63, 3.8) is 0 Å². The maximum Gasteiger partial charge on any atom is 0.416 e. The molecule has 0 aliphatic carbocycles. The van der Waals surface area contributed by atoms with E-state index >= 15 is 0 Å². The van der Waals surface area contributed by atoms with Crippen LogP contribution in [0.4, 0.5) is 13.2 Å². The number of nitrogens with zero attached hydrogens (tertiary/aromatic N) is 1. The molecule has 0 bridgehead atoms. The van der Waals surface area contributed by atoms with Crippen LogP contribution in [0.25, 0.3) is 0 Å². The van der Waals surface area contributed by atoms with Crippen LogP contribution in [-0.2, 0) is 19.3 Å². The molecule has 1 heterocycles. The van der Waals surface area contributed by atoms with Crippen LogP contribution in [0, 0.1) is 5.92 Å². The lowest BCUT2D eigenvalue weighted by atomic mass is 10.2. The average Bonchev–Trinajstić information content (AvgIpc) is 2.92. The van der Waals surface area contributed by atoms with Crippen LogP contribution >= 0.6 is 11.3 Å². The number of nitrogens with one attached hydrogen (secondary N) is 1. The third-order valence-electron chi connectivity index (χ3n) is 3.00. The number of aromatic nitrogens is 1. The molecule has 0 fully saturated rings. The van der Waals surface area contributed by atoms with Gasteiger partial charge in [0.1, 0.15) is 17.4 Å². The predicted octanol–water partition coefficient (Wildman–Crippen LogP) is 4.49. The summed E-state index contributed by atoms with van der Waals surface area (Å²) in [5, 5.41) is 6.06. The first-order valence-corrected chi connectivity index (χ1v) is 8.16. The zero-order valence-corrected chi connectivity index (χ0v) is 13.8. The number of rotatable bonds is 7. The summed E-state index contributed by atoms with van der Waals surface area (Å²) in [4.78, 5) is 4.43. The van der Waals surface area contributed by atoms with Gasteiger partial charge in [0.05, 0.1) is 11.3 Å².